The molecule has 0 unspecified atom stereocenters. The molecule has 0 aromatic heterocycles. The Bertz CT molecular complexity index is 150. The summed E-state index contributed by atoms with van der Waals surface area (Å²) in [5, 5.41) is 2.79. The largest absolute Gasteiger partial charge is 0.368 e. The number of hydrogen-bond acceptors (Lipinski definition) is 1. The molecule has 1 N–H and O–H groups in total. The molecule has 0 aromatic rings. The van der Waals surface area contributed by atoms with Crippen molar-refractivity contribution in [3.63, 3.8) is 0 Å². The van der Waals surface area contributed by atoms with Gasteiger partial charge in [-0.15, -0.1) is 0 Å². The highest BCUT2D eigenvalue weighted by molar-refractivity contribution is 5.96. The second-order valence-electron chi connectivity index (χ2n) is 1.74. The zero-order valence-electron chi connectivity index (χ0n) is 6.61. The van der Waals surface area contributed by atoms with Gasteiger partial charge in [-0.1, -0.05) is 0 Å². The molecule has 2 nitrogen and oxygen atoms in total. The first kappa shape index (κ1) is 9.14. The van der Waals surface area contributed by atoms with E-state index < -0.39 is 0 Å². The molecule has 0 saturated carbocycles. The minimum Gasteiger partial charge on any atom is -0.368 e. The van der Waals surface area contributed by atoms with Crippen molar-refractivity contribution in [2.24, 2.45) is 4.99 Å². The van der Waals surface area contributed by atoms with Gasteiger partial charge in [-0.05, 0) is 19.9 Å². The van der Waals surface area contributed by atoms with Gasteiger partial charge in [0.15, 0.2) is 11.7 Å². The molecule has 0 fully saturated rings. The van der Waals surface area contributed by atoms with Crippen LogP contribution in [0.15, 0.2) is 16.9 Å². The van der Waals surface area contributed by atoms with Gasteiger partial charge in [-0.2, -0.15) is 0 Å². The lowest BCUT2D eigenvalue weighted by Gasteiger charge is -2.02. The molecule has 0 aliphatic carbocycles. The Labute approximate surface area is 60.9 Å². The lowest BCUT2D eigenvalue weighted by atomic mass is 10.4. The van der Waals surface area contributed by atoms with Gasteiger partial charge in [-0.3, -0.25) is 4.99 Å². The average molecular weight is 144 g/mol. The predicted molar refractivity (Wildman–Crippen MR) is 41.9 cm³/mol. The van der Waals surface area contributed by atoms with Crippen LogP contribution in [0.5, 0.6) is 0 Å². The summed E-state index contributed by atoms with van der Waals surface area (Å²) in [7, 11) is 1.56. The Hall–Kier alpha value is -0.860. The monoisotopic (exact) mass is 144 g/mol. The molecule has 3 heteroatoms. The molecule has 0 amide bonds. The molecule has 0 atom stereocenters. The van der Waals surface area contributed by atoms with Crippen molar-refractivity contribution >= 4 is 5.84 Å². The van der Waals surface area contributed by atoms with Crippen LogP contribution in [0.3, 0.4) is 0 Å². The maximum atomic E-state index is 12.7. The van der Waals surface area contributed by atoms with Crippen molar-refractivity contribution in [1.82, 2.24) is 5.32 Å². The number of allylic oxidation sites excluding steroid dienone is 1. The first-order valence-corrected chi connectivity index (χ1v) is 3.29. The fourth-order valence-electron chi connectivity index (χ4n) is 0.574. The Morgan fingerprint density at radius 3 is 2.60 bits per heavy atom. The number of nitrogens with zero attached hydrogens (tertiary/aromatic N) is 1. The third-order valence-electron chi connectivity index (χ3n) is 1.05. The molecule has 0 aliphatic rings. The zero-order chi connectivity index (χ0) is 7.98. The number of rotatable bonds is 2. The summed E-state index contributed by atoms with van der Waals surface area (Å²) in [6, 6.07) is 0. The number of amidine groups is 1. The van der Waals surface area contributed by atoms with Crippen LogP contribution in [-0.2, 0) is 0 Å². The van der Waals surface area contributed by atoms with Crippen LogP contribution in [0.1, 0.15) is 13.8 Å². The van der Waals surface area contributed by atoms with Gasteiger partial charge < -0.3 is 5.32 Å². The van der Waals surface area contributed by atoms with E-state index in [0.29, 0.717) is 12.4 Å². The van der Waals surface area contributed by atoms with E-state index in [4.69, 9.17) is 0 Å². The van der Waals surface area contributed by atoms with Gasteiger partial charge in [0.2, 0.25) is 0 Å². The summed E-state index contributed by atoms with van der Waals surface area (Å²) in [6.07, 6.45) is 1.38. The quantitative estimate of drug-likeness (QED) is 0.461. The Kier molecular flexibility index (Phi) is 4.54. The van der Waals surface area contributed by atoms with Crippen LogP contribution in [0.2, 0.25) is 0 Å². The van der Waals surface area contributed by atoms with Gasteiger partial charge in [0, 0.05) is 13.6 Å². The third-order valence-corrected chi connectivity index (χ3v) is 1.05. The van der Waals surface area contributed by atoms with Gasteiger partial charge in [0.05, 0.1) is 0 Å². The van der Waals surface area contributed by atoms with Crippen molar-refractivity contribution in [2.75, 3.05) is 13.6 Å². The van der Waals surface area contributed by atoms with Crippen LogP contribution in [0.25, 0.3) is 0 Å². The van der Waals surface area contributed by atoms with Crippen LogP contribution in [0.4, 0.5) is 4.39 Å². The number of aliphatic imine (C=N–C) groups is 1. The normalized spacial score (nSPS) is 13.6. The first-order valence-electron chi connectivity index (χ1n) is 3.29. The summed E-state index contributed by atoms with van der Waals surface area (Å²) in [6.45, 7) is 4.22. The molecule has 58 valence electrons. The van der Waals surface area contributed by atoms with Gasteiger partial charge in [0.1, 0.15) is 0 Å². The SMILES string of the molecule is C/C=C(/F)C(=NC)NCC. The van der Waals surface area contributed by atoms with Crippen molar-refractivity contribution in [3.05, 3.63) is 11.9 Å². The van der Waals surface area contributed by atoms with E-state index in [1.807, 2.05) is 6.92 Å². The van der Waals surface area contributed by atoms with Gasteiger partial charge in [-0.25, -0.2) is 4.39 Å². The van der Waals surface area contributed by atoms with Crippen molar-refractivity contribution in [2.45, 2.75) is 13.8 Å². The van der Waals surface area contributed by atoms with E-state index in [0.717, 1.165) is 0 Å². The molecule has 10 heavy (non-hydrogen) atoms. The fourth-order valence-corrected chi connectivity index (χ4v) is 0.574. The highest BCUT2D eigenvalue weighted by Crippen LogP contribution is 1.95. The molecule has 0 rings (SSSR count). The van der Waals surface area contributed by atoms with Crippen molar-refractivity contribution < 1.29 is 4.39 Å². The minimum absolute atomic E-state index is 0.302. The van der Waals surface area contributed by atoms with E-state index in [1.54, 1.807) is 14.0 Å². The molecule has 0 radical (unpaired) electrons. The number of likely N-dealkylation sites (N-methyl/N-ethyl adjacent to an activating group) is 1. The predicted octanol–water partition coefficient (Wildman–Crippen LogP) is 1.50. The first-order chi connectivity index (χ1) is 4.76. The maximum absolute atomic E-state index is 12.7. The smallest absolute Gasteiger partial charge is 0.160 e. The Morgan fingerprint density at radius 1 is 1.70 bits per heavy atom. The highest BCUT2D eigenvalue weighted by atomic mass is 19.1. The topological polar surface area (TPSA) is 24.4 Å². The summed E-state index contributed by atoms with van der Waals surface area (Å²) in [5.74, 6) is 0.0225. The Morgan fingerprint density at radius 2 is 2.30 bits per heavy atom. The summed E-state index contributed by atoms with van der Waals surface area (Å²) < 4.78 is 12.7. The molecule has 0 saturated heterocycles. The maximum Gasteiger partial charge on any atom is 0.160 e. The number of nitrogens with one attached hydrogen (secondary N) is 1. The van der Waals surface area contributed by atoms with Gasteiger partial charge in [0.25, 0.3) is 0 Å². The fraction of sp³-hybridized carbons (Fsp3) is 0.571. The molecule has 0 aromatic carbocycles. The molecule has 0 spiro atoms. The molecular formula is C7H13FN2. The van der Waals surface area contributed by atoms with E-state index in [9.17, 15) is 4.39 Å². The minimum atomic E-state index is -0.302. The molecular weight excluding hydrogens is 131 g/mol. The van der Waals surface area contributed by atoms with E-state index in [-0.39, 0.29) is 5.83 Å². The Balaban J connectivity index is 4.09. The second-order valence-corrected chi connectivity index (χ2v) is 1.74. The van der Waals surface area contributed by atoms with Crippen LogP contribution < -0.4 is 5.32 Å². The van der Waals surface area contributed by atoms with Crippen LogP contribution >= 0.6 is 0 Å². The number of hydrogen-bond donors (Lipinski definition) is 1. The van der Waals surface area contributed by atoms with E-state index in [2.05, 4.69) is 10.3 Å². The summed E-state index contributed by atoms with van der Waals surface area (Å²) >= 11 is 0. The van der Waals surface area contributed by atoms with Gasteiger partial charge >= 0.3 is 0 Å². The standard InChI is InChI=1S/C7H13FN2/c1-4-6(8)7(9-3)10-5-2/h4H,5H2,1-3H3,(H,9,10)/b6-4+. The van der Waals surface area contributed by atoms with Crippen LogP contribution in [0, 0.1) is 0 Å². The lowest BCUT2D eigenvalue weighted by Crippen LogP contribution is -2.23. The van der Waals surface area contributed by atoms with E-state index >= 15 is 0 Å². The second kappa shape index (κ2) is 4.97. The van der Waals surface area contributed by atoms with Crippen molar-refractivity contribution in [3.8, 4) is 0 Å². The molecule has 0 heterocycles. The zero-order valence-corrected chi connectivity index (χ0v) is 6.61. The van der Waals surface area contributed by atoms with Crippen molar-refractivity contribution in [1.29, 1.82) is 0 Å². The average Bonchev–Trinajstić information content (AvgIpc) is 1.99. The third kappa shape index (κ3) is 2.62. The van der Waals surface area contributed by atoms with E-state index in [1.165, 1.54) is 6.08 Å². The summed E-state index contributed by atoms with van der Waals surface area (Å²) in [4.78, 5) is 3.71. The lowest BCUT2D eigenvalue weighted by molar-refractivity contribution is 0.668. The summed E-state index contributed by atoms with van der Waals surface area (Å²) in [5.41, 5.74) is 0. The van der Waals surface area contributed by atoms with Crippen LogP contribution in [-0.4, -0.2) is 19.4 Å². The molecule has 0 bridgehead atoms. The molecule has 0 aliphatic heterocycles. The number of halogens is 1. The highest BCUT2D eigenvalue weighted by Gasteiger charge is 1.99.